The van der Waals surface area contributed by atoms with Crippen LogP contribution < -0.4 is 5.73 Å². The van der Waals surface area contributed by atoms with Crippen LogP contribution in [0.2, 0.25) is 0 Å². The number of benzene rings is 1. The number of nitrogens with two attached hydrogens (primary N) is 1. The third kappa shape index (κ3) is 2.63. The second-order valence-electron chi connectivity index (χ2n) is 5.02. The maximum absolute atomic E-state index is 6.10. The Labute approximate surface area is 110 Å². The van der Waals surface area contributed by atoms with Gasteiger partial charge in [-0.05, 0) is 49.1 Å². The monoisotopic (exact) mass is 299 g/mol. The van der Waals surface area contributed by atoms with Crippen molar-refractivity contribution in [2.75, 3.05) is 11.5 Å². The average Bonchev–Trinajstić information content (AvgIpc) is 2.69. The molecule has 0 aromatic heterocycles. The molecule has 0 saturated carbocycles. The molecule has 1 atom stereocenters. The maximum Gasteiger partial charge on any atom is 0.0352 e. The predicted octanol–water partition coefficient (Wildman–Crippen LogP) is 3.86. The van der Waals surface area contributed by atoms with Crippen LogP contribution in [0, 0.1) is 0 Å². The lowest BCUT2D eigenvalue weighted by atomic mass is 9.91. The summed E-state index contributed by atoms with van der Waals surface area (Å²) in [6.07, 6.45) is 1.30. The normalized spacial score (nSPS) is 21.4. The smallest absolute Gasteiger partial charge is 0.0352 e. The molecule has 1 heterocycles. The van der Waals surface area contributed by atoms with Crippen molar-refractivity contribution in [3.05, 3.63) is 33.8 Å². The van der Waals surface area contributed by atoms with Gasteiger partial charge in [-0.1, -0.05) is 28.1 Å². The minimum Gasteiger partial charge on any atom is -0.322 e. The van der Waals surface area contributed by atoms with Crippen molar-refractivity contribution in [1.82, 2.24) is 0 Å². The summed E-state index contributed by atoms with van der Waals surface area (Å²) in [7, 11) is 0. The Balaban J connectivity index is 2.29. The Kier molecular flexibility index (Phi) is 3.67. The Hall–Kier alpha value is 0.01000. The van der Waals surface area contributed by atoms with Crippen molar-refractivity contribution < 1.29 is 0 Å². The van der Waals surface area contributed by atoms with E-state index in [1.165, 1.54) is 33.5 Å². The quantitative estimate of drug-likeness (QED) is 0.897. The highest BCUT2D eigenvalue weighted by Crippen LogP contribution is 2.37. The SMILES string of the molecule is CC(C)(N)c1ccc(C2CCSC2)c(Br)c1. The van der Waals surface area contributed by atoms with Crippen LogP contribution >= 0.6 is 27.7 Å². The molecule has 1 aliphatic heterocycles. The number of halogens is 1. The molecule has 0 amide bonds. The van der Waals surface area contributed by atoms with E-state index in [1.54, 1.807) is 0 Å². The van der Waals surface area contributed by atoms with Gasteiger partial charge in [0.05, 0.1) is 0 Å². The molecule has 1 aliphatic rings. The lowest BCUT2D eigenvalue weighted by Gasteiger charge is -2.21. The van der Waals surface area contributed by atoms with E-state index in [9.17, 15) is 0 Å². The fraction of sp³-hybridized carbons (Fsp3) is 0.538. The molecule has 1 fully saturated rings. The standard InChI is InChI=1S/C13H18BrNS/c1-13(2,15)10-3-4-11(12(14)7-10)9-5-6-16-8-9/h3-4,7,9H,5-6,8,15H2,1-2H3. The molecule has 1 saturated heterocycles. The second-order valence-corrected chi connectivity index (χ2v) is 7.02. The van der Waals surface area contributed by atoms with E-state index in [-0.39, 0.29) is 5.54 Å². The first-order valence-corrected chi connectivity index (χ1v) is 7.60. The zero-order valence-corrected chi connectivity index (χ0v) is 12.2. The van der Waals surface area contributed by atoms with E-state index >= 15 is 0 Å². The van der Waals surface area contributed by atoms with E-state index in [0.29, 0.717) is 5.92 Å². The number of thioether (sulfide) groups is 1. The lowest BCUT2D eigenvalue weighted by Crippen LogP contribution is -2.28. The number of rotatable bonds is 2. The van der Waals surface area contributed by atoms with Gasteiger partial charge in [0.15, 0.2) is 0 Å². The van der Waals surface area contributed by atoms with E-state index in [1.807, 2.05) is 25.6 Å². The van der Waals surface area contributed by atoms with Crippen molar-refractivity contribution in [1.29, 1.82) is 0 Å². The van der Waals surface area contributed by atoms with Crippen LogP contribution in [0.5, 0.6) is 0 Å². The summed E-state index contributed by atoms with van der Waals surface area (Å²) in [4.78, 5) is 0. The molecule has 1 unspecified atom stereocenters. The van der Waals surface area contributed by atoms with Crippen LogP contribution in [-0.2, 0) is 5.54 Å². The summed E-state index contributed by atoms with van der Waals surface area (Å²) < 4.78 is 1.22. The summed E-state index contributed by atoms with van der Waals surface area (Å²) in [5, 5.41) is 0. The summed E-state index contributed by atoms with van der Waals surface area (Å²) in [6.45, 7) is 4.08. The number of hydrogen-bond donors (Lipinski definition) is 1. The molecule has 0 bridgehead atoms. The van der Waals surface area contributed by atoms with Gasteiger partial charge in [0.2, 0.25) is 0 Å². The Morgan fingerprint density at radius 3 is 2.69 bits per heavy atom. The largest absolute Gasteiger partial charge is 0.322 e. The Morgan fingerprint density at radius 1 is 1.44 bits per heavy atom. The van der Waals surface area contributed by atoms with Crippen LogP contribution in [0.4, 0.5) is 0 Å². The van der Waals surface area contributed by atoms with Gasteiger partial charge in [0.25, 0.3) is 0 Å². The van der Waals surface area contributed by atoms with Gasteiger partial charge in [-0.25, -0.2) is 0 Å². The third-order valence-corrected chi connectivity index (χ3v) is 4.96. The zero-order valence-electron chi connectivity index (χ0n) is 9.79. The highest BCUT2D eigenvalue weighted by Gasteiger charge is 2.21. The first-order chi connectivity index (χ1) is 7.48. The van der Waals surface area contributed by atoms with Crippen LogP contribution in [0.15, 0.2) is 22.7 Å². The molecule has 16 heavy (non-hydrogen) atoms. The fourth-order valence-electron chi connectivity index (χ4n) is 2.04. The molecule has 88 valence electrons. The van der Waals surface area contributed by atoms with E-state index in [0.717, 1.165) is 0 Å². The van der Waals surface area contributed by atoms with Crippen LogP contribution in [-0.4, -0.2) is 11.5 Å². The topological polar surface area (TPSA) is 26.0 Å². The van der Waals surface area contributed by atoms with Crippen molar-refractivity contribution in [2.24, 2.45) is 5.73 Å². The summed E-state index contributed by atoms with van der Waals surface area (Å²) in [6, 6.07) is 6.59. The molecule has 0 spiro atoms. The minimum atomic E-state index is -0.258. The molecule has 2 rings (SSSR count). The van der Waals surface area contributed by atoms with Gasteiger partial charge in [-0.3, -0.25) is 0 Å². The molecule has 0 radical (unpaired) electrons. The molecule has 1 aromatic carbocycles. The molecular formula is C13H18BrNS. The van der Waals surface area contributed by atoms with E-state index in [4.69, 9.17) is 5.73 Å². The molecular weight excluding hydrogens is 282 g/mol. The van der Waals surface area contributed by atoms with Gasteiger partial charge in [-0.15, -0.1) is 0 Å². The van der Waals surface area contributed by atoms with Gasteiger partial charge in [-0.2, -0.15) is 11.8 Å². The first-order valence-electron chi connectivity index (χ1n) is 5.65. The van der Waals surface area contributed by atoms with Crippen LogP contribution in [0.1, 0.15) is 37.3 Å². The van der Waals surface area contributed by atoms with Gasteiger partial charge in [0.1, 0.15) is 0 Å². The summed E-state index contributed by atoms with van der Waals surface area (Å²) in [5.74, 6) is 3.26. The third-order valence-electron chi connectivity index (χ3n) is 3.11. The maximum atomic E-state index is 6.10. The van der Waals surface area contributed by atoms with E-state index in [2.05, 4.69) is 34.1 Å². The summed E-state index contributed by atoms with van der Waals surface area (Å²) in [5.41, 5.74) is 8.48. The molecule has 3 heteroatoms. The highest BCUT2D eigenvalue weighted by atomic mass is 79.9. The zero-order chi connectivity index (χ0) is 11.8. The average molecular weight is 300 g/mol. The highest BCUT2D eigenvalue weighted by molar-refractivity contribution is 9.10. The van der Waals surface area contributed by atoms with Gasteiger partial charge in [0, 0.05) is 15.8 Å². The van der Waals surface area contributed by atoms with Crippen molar-refractivity contribution >= 4 is 27.7 Å². The van der Waals surface area contributed by atoms with Crippen molar-refractivity contribution in [3.63, 3.8) is 0 Å². The van der Waals surface area contributed by atoms with Crippen molar-refractivity contribution in [2.45, 2.75) is 31.7 Å². The molecule has 0 aliphatic carbocycles. The van der Waals surface area contributed by atoms with Crippen molar-refractivity contribution in [3.8, 4) is 0 Å². The Morgan fingerprint density at radius 2 is 2.19 bits per heavy atom. The van der Waals surface area contributed by atoms with Gasteiger partial charge >= 0.3 is 0 Å². The van der Waals surface area contributed by atoms with Gasteiger partial charge < -0.3 is 5.73 Å². The molecule has 1 nitrogen and oxygen atoms in total. The Bertz CT molecular complexity index is 378. The first kappa shape index (κ1) is 12.5. The van der Waals surface area contributed by atoms with Crippen LogP contribution in [0.3, 0.4) is 0 Å². The van der Waals surface area contributed by atoms with E-state index < -0.39 is 0 Å². The molecule has 1 aromatic rings. The fourth-order valence-corrected chi connectivity index (χ4v) is 3.99. The van der Waals surface area contributed by atoms with Crippen LogP contribution in [0.25, 0.3) is 0 Å². The lowest BCUT2D eigenvalue weighted by molar-refractivity contribution is 0.553. The predicted molar refractivity (Wildman–Crippen MR) is 76.0 cm³/mol. The molecule has 2 N–H and O–H groups in total. The summed E-state index contributed by atoms with van der Waals surface area (Å²) >= 11 is 5.73. The second kappa shape index (κ2) is 4.71. The number of hydrogen-bond acceptors (Lipinski definition) is 2. The minimum absolute atomic E-state index is 0.258.